The molecule has 0 unspecified atom stereocenters. The standard InChI is InChI=1S/C14H20N2O4/c1-3-14(4-2,10-17)15-13(18)9-11-7-5-6-8-12(11)16(19)20/h5-8,17H,3-4,9-10H2,1-2H3,(H,15,18). The third-order valence-electron chi connectivity index (χ3n) is 3.60. The van der Waals surface area contributed by atoms with Gasteiger partial charge >= 0.3 is 0 Å². The molecule has 2 N–H and O–H groups in total. The fraction of sp³-hybridized carbons (Fsp3) is 0.500. The first-order valence-corrected chi connectivity index (χ1v) is 6.62. The van der Waals surface area contributed by atoms with Crippen molar-refractivity contribution in [3.8, 4) is 0 Å². The lowest BCUT2D eigenvalue weighted by Crippen LogP contribution is -2.51. The van der Waals surface area contributed by atoms with Crippen molar-refractivity contribution in [2.45, 2.75) is 38.6 Å². The van der Waals surface area contributed by atoms with Gasteiger partial charge in [0.05, 0.1) is 23.5 Å². The molecule has 110 valence electrons. The third kappa shape index (κ3) is 3.77. The van der Waals surface area contributed by atoms with Crippen molar-refractivity contribution in [1.82, 2.24) is 5.32 Å². The quantitative estimate of drug-likeness (QED) is 0.588. The predicted molar refractivity (Wildman–Crippen MR) is 75.3 cm³/mol. The number of rotatable bonds is 7. The maximum atomic E-state index is 12.0. The molecule has 0 heterocycles. The van der Waals surface area contributed by atoms with E-state index >= 15 is 0 Å². The fourth-order valence-corrected chi connectivity index (χ4v) is 2.04. The molecular formula is C14H20N2O4. The van der Waals surface area contributed by atoms with E-state index in [1.54, 1.807) is 18.2 Å². The van der Waals surface area contributed by atoms with Crippen molar-refractivity contribution in [3.63, 3.8) is 0 Å². The number of amides is 1. The van der Waals surface area contributed by atoms with Gasteiger partial charge in [-0.3, -0.25) is 14.9 Å². The van der Waals surface area contributed by atoms with Crippen LogP contribution >= 0.6 is 0 Å². The predicted octanol–water partition coefficient (Wildman–Crippen LogP) is 1.80. The van der Waals surface area contributed by atoms with Gasteiger partial charge in [0.25, 0.3) is 5.69 Å². The van der Waals surface area contributed by atoms with Gasteiger partial charge in [0.15, 0.2) is 0 Å². The number of carbonyl (C=O) groups excluding carboxylic acids is 1. The SMILES string of the molecule is CCC(CC)(CO)NC(=O)Cc1ccccc1[N+](=O)[O-]. The van der Waals surface area contributed by atoms with E-state index in [0.717, 1.165) is 0 Å². The summed E-state index contributed by atoms with van der Waals surface area (Å²) in [6.07, 6.45) is 1.13. The van der Waals surface area contributed by atoms with Gasteiger partial charge in [-0.15, -0.1) is 0 Å². The first kappa shape index (κ1) is 16.1. The van der Waals surface area contributed by atoms with Crippen LogP contribution in [0.25, 0.3) is 0 Å². The summed E-state index contributed by atoms with van der Waals surface area (Å²) < 4.78 is 0. The summed E-state index contributed by atoms with van der Waals surface area (Å²) in [6.45, 7) is 3.61. The number of aliphatic hydroxyl groups is 1. The molecule has 0 aliphatic rings. The van der Waals surface area contributed by atoms with E-state index in [9.17, 15) is 20.0 Å². The van der Waals surface area contributed by atoms with Crippen LogP contribution in [0.1, 0.15) is 32.3 Å². The van der Waals surface area contributed by atoms with Crippen LogP contribution in [-0.2, 0) is 11.2 Å². The Bertz CT molecular complexity index is 476. The lowest BCUT2D eigenvalue weighted by atomic mass is 9.93. The average molecular weight is 280 g/mol. The lowest BCUT2D eigenvalue weighted by Gasteiger charge is -2.30. The number of hydrogen-bond acceptors (Lipinski definition) is 4. The van der Waals surface area contributed by atoms with Gasteiger partial charge in [-0.25, -0.2) is 0 Å². The summed E-state index contributed by atoms with van der Waals surface area (Å²) in [4.78, 5) is 22.4. The molecule has 0 saturated carbocycles. The zero-order valence-corrected chi connectivity index (χ0v) is 11.8. The summed E-state index contributed by atoms with van der Waals surface area (Å²) in [7, 11) is 0. The van der Waals surface area contributed by atoms with Crippen LogP contribution in [0, 0.1) is 10.1 Å². The molecule has 1 amide bonds. The number of aliphatic hydroxyl groups excluding tert-OH is 1. The Morgan fingerprint density at radius 1 is 1.35 bits per heavy atom. The molecule has 1 rings (SSSR count). The second kappa shape index (κ2) is 7.00. The highest BCUT2D eigenvalue weighted by molar-refractivity contribution is 5.80. The molecule has 0 fully saturated rings. The molecule has 0 aromatic heterocycles. The van der Waals surface area contributed by atoms with Gasteiger partial charge < -0.3 is 10.4 Å². The van der Waals surface area contributed by atoms with Gasteiger partial charge in [0, 0.05) is 11.6 Å². The molecule has 6 nitrogen and oxygen atoms in total. The molecule has 6 heteroatoms. The van der Waals surface area contributed by atoms with E-state index in [0.29, 0.717) is 18.4 Å². The molecule has 0 bridgehead atoms. The number of nitro groups is 1. The van der Waals surface area contributed by atoms with E-state index in [1.165, 1.54) is 6.07 Å². The lowest BCUT2D eigenvalue weighted by molar-refractivity contribution is -0.385. The molecule has 1 aromatic rings. The van der Waals surface area contributed by atoms with E-state index in [2.05, 4.69) is 5.32 Å². The van der Waals surface area contributed by atoms with Crippen molar-refractivity contribution in [2.24, 2.45) is 0 Å². The number of hydrogen-bond donors (Lipinski definition) is 2. The largest absolute Gasteiger partial charge is 0.394 e. The second-order valence-corrected chi connectivity index (χ2v) is 4.76. The number of nitrogens with one attached hydrogen (secondary N) is 1. The van der Waals surface area contributed by atoms with Crippen molar-refractivity contribution in [3.05, 3.63) is 39.9 Å². The minimum absolute atomic E-state index is 0.0646. The normalized spacial score (nSPS) is 11.2. The minimum Gasteiger partial charge on any atom is -0.394 e. The van der Waals surface area contributed by atoms with Crippen LogP contribution in [-0.4, -0.2) is 28.1 Å². The van der Waals surface area contributed by atoms with E-state index in [1.807, 2.05) is 13.8 Å². The molecule has 0 radical (unpaired) electrons. The zero-order valence-electron chi connectivity index (χ0n) is 11.8. The molecule has 0 spiro atoms. The number of nitrogens with zero attached hydrogens (tertiary/aromatic N) is 1. The summed E-state index contributed by atoms with van der Waals surface area (Å²) in [5, 5.41) is 23.1. The summed E-state index contributed by atoms with van der Waals surface area (Å²) in [5.41, 5.74) is -0.347. The summed E-state index contributed by atoms with van der Waals surface area (Å²) in [5.74, 6) is -0.322. The first-order chi connectivity index (χ1) is 9.48. The zero-order chi connectivity index (χ0) is 15.2. The van der Waals surface area contributed by atoms with Gasteiger partial charge in [-0.2, -0.15) is 0 Å². The van der Waals surface area contributed by atoms with Gasteiger partial charge in [-0.1, -0.05) is 32.0 Å². The maximum absolute atomic E-state index is 12.0. The van der Waals surface area contributed by atoms with Crippen molar-refractivity contribution in [1.29, 1.82) is 0 Å². The molecule has 0 saturated heterocycles. The Kier molecular flexibility index (Phi) is 5.64. The van der Waals surface area contributed by atoms with Crippen LogP contribution < -0.4 is 5.32 Å². The van der Waals surface area contributed by atoms with Crippen LogP contribution in [0.5, 0.6) is 0 Å². The molecule has 20 heavy (non-hydrogen) atoms. The molecule has 1 aromatic carbocycles. The Morgan fingerprint density at radius 3 is 2.45 bits per heavy atom. The highest BCUT2D eigenvalue weighted by Crippen LogP contribution is 2.19. The summed E-state index contributed by atoms with van der Waals surface area (Å²) >= 11 is 0. The van der Waals surface area contributed by atoms with Crippen molar-refractivity contribution < 1.29 is 14.8 Å². The van der Waals surface area contributed by atoms with Crippen molar-refractivity contribution in [2.75, 3.05) is 6.61 Å². The van der Waals surface area contributed by atoms with Crippen molar-refractivity contribution >= 4 is 11.6 Å². The second-order valence-electron chi connectivity index (χ2n) is 4.76. The molecular weight excluding hydrogens is 260 g/mol. The maximum Gasteiger partial charge on any atom is 0.273 e. The fourth-order valence-electron chi connectivity index (χ4n) is 2.04. The molecule has 0 atom stereocenters. The van der Waals surface area contributed by atoms with Crippen LogP contribution in [0.4, 0.5) is 5.69 Å². The number of benzene rings is 1. The van der Waals surface area contributed by atoms with E-state index < -0.39 is 10.5 Å². The Labute approximate surface area is 118 Å². The highest BCUT2D eigenvalue weighted by atomic mass is 16.6. The van der Waals surface area contributed by atoms with Crippen LogP contribution in [0.3, 0.4) is 0 Å². The Hall–Kier alpha value is -1.95. The van der Waals surface area contributed by atoms with Gasteiger partial charge in [-0.05, 0) is 12.8 Å². The number of carbonyl (C=O) groups is 1. The number of para-hydroxylation sites is 1. The highest BCUT2D eigenvalue weighted by Gasteiger charge is 2.27. The van der Waals surface area contributed by atoms with Gasteiger partial charge in [0.2, 0.25) is 5.91 Å². The van der Waals surface area contributed by atoms with Crippen LogP contribution in [0.2, 0.25) is 0 Å². The molecule has 0 aliphatic carbocycles. The van der Waals surface area contributed by atoms with Crippen LogP contribution in [0.15, 0.2) is 24.3 Å². The first-order valence-electron chi connectivity index (χ1n) is 6.62. The van der Waals surface area contributed by atoms with E-state index in [4.69, 9.17) is 0 Å². The topological polar surface area (TPSA) is 92.5 Å². The smallest absolute Gasteiger partial charge is 0.273 e. The minimum atomic E-state index is -0.652. The molecule has 0 aliphatic heterocycles. The number of nitro benzene ring substituents is 1. The third-order valence-corrected chi connectivity index (χ3v) is 3.60. The monoisotopic (exact) mass is 280 g/mol. The van der Waals surface area contributed by atoms with Gasteiger partial charge in [0.1, 0.15) is 0 Å². The summed E-state index contributed by atoms with van der Waals surface area (Å²) in [6, 6.07) is 6.17. The Balaban J connectivity index is 2.84. The van der Waals surface area contributed by atoms with E-state index in [-0.39, 0.29) is 24.6 Å². The average Bonchev–Trinajstić information content (AvgIpc) is 2.45. The Morgan fingerprint density at radius 2 is 1.95 bits per heavy atom.